The second-order valence-electron chi connectivity index (χ2n) is 3.38. The van der Waals surface area contributed by atoms with Crippen molar-refractivity contribution in [1.29, 1.82) is 0 Å². The molecule has 0 radical (unpaired) electrons. The molecule has 2 rings (SSSR count). The monoisotopic (exact) mass is 285 g/mol. The van der Waals surface area contributed by atoms with Gasteiger partial charge in [-0.3, -0.25) is 4.79 Å². The van der Waals surface area contributed by atoms with Crippen LogP contribution in [0.1, 0.15) is 11.9 Å². The molecule has 1 aliphatic heterocycles. The Morgan fingerprint density at radius 1 is 1.44 bits per heavy atom. The van der Waals surface area contributed by atoms with Crippen LogP contribution in [0.5, 0.6) is 0 Å². The molecule has 4 nitrogen and oxygen atoms in total. The average Bonchev–Trinajstić information content (AvgIpc) is 2.83. The Kier molecular flexibility index (Phi) is 3.93. The molecule has 1 N–H and O–H groups in total. The SMILES string of the molecule is O=C(CBr)Nc1cccc(C2OCCO2)c1. The Balaban J connectivity index is 2.09. The van der Waals surface area contributed by atoms with Gasteiger partial charge in [-0.25, -0.2) is 0 Å². The highest BCUT2D eigenvalue weighted by atomic mass is 79.9. The molecule has 0 atom stereocenters. The van der Waals surface area contributed by atoms with Crippen molar-refractivity contribution in [3.63, 3.8) is 0 Å². The minimum absolute atomic E-state index is 0.0783. The fraction of sp³-hybridized carbons (Fsp3) is 0.364. The summed E-state index contributed by atoms with van der Waals surface area (Å²) in [4.78, 5) is 11.2. The first kappa shape index (κ1) is 11.6. The third kappa shape index (κ3) is 2.81. The van der Waals surface area contributed by atoms with E-state index in [9.17, 15) is 4.79 Å². The summed E-state index contributed by atoms with van der Waals surface area (Å²) in [5, 5.41) is 3.04. The first-order valence-corrected chi connectivity index (χ1v) is 6.11. The number of nitrogens with one attached hydrogen (secondary N) is 1. The van der Waals surface area contributed by atoms with Crippen molar-refractivity contribution in [3.8, 4) is 0 Å². The van der Waals surface area contributed by atoms with Crippen LogP contribution in [-0.4, -0.2) is 24.5 Å². The Bertz CT molecular complexity index is 377. The Hall–Kier alpha value is -0.910. The van der Waals surface area contributed by atoms with Crippen molar-refractivity contribution in [2.24, 2.45) is 0 Å². The van der Waals surface area contributed by atoms with Gasteiger partial charge in [-0.15, -0.1) is 0 Å². The first-order chi connectivity index (χ1) is 7.79. The lowest BCUT2D eigenvalue weighted by Crippen LogP contribution is -2.12. The van der Waals surface area contributed by atoms with E-state index in [-0.39, 0.29) is 17.5 Å². The second kappa shape index (κ2) is 5.43. The number of rotatable bonds is 3. The highest BCUT2D eigenvalue weighted by Gasteiger charge is 2.18. The zero-order valence-corrected chi connectivity index (χ0v) is 10.2. The summed E-state index contributed by atoms with van der Waals surface area (Å²) in [6, 6.07) is 7.47. The number of amides is 1. The number of anilines is 1. The molecule has 0 unspecified atom stereocenters. The van der Waals surface area contributed by atoms with E-state index < -0.39 is 0 Å². The van der Waals surface area contributed by atoms with E-state index in [1.165, 1.54) is 0 Å². The van der Waals surface area contributed by atoms with Crippen molar-refractivity contribution in [2.45, 2.75) is 6.29 Å². The van der Waals surface area contributed by atoms with Crippen molar-refractivity contribution in [1.82, 2.24) is 0 Å². The first-order valence-electron chi connectivity index (χ1n) is 4.98. The molecule has 0 aliphatic carbocycles. The Morgan fingerprint density at radius 3 is 2.88 bits per heavy atom. The zero-order chi connectivity index (χ0) is 11.4. The van der Waals surface area contributed by atoms with Gasteiger partial charge in [0, 0.05) is 11.3 Å². The molecule has 1 amide bonds. The maximum atomic E-state index is 11.2. The zero-order valence-electron chi connectivity index (χ0n) is 8.61. The van der Waals surface area contributed by atoms with Crippen LogP contribution in [0.2, 0.25) is 0 Å². The summed E-state index contributed by atoms with van der Waals surface area (Å²) in [5.74, 6) is -0.0783. The number of carbonyl (C=O) groups excluding carboxylic acids is 1. The molecule has 16 heavy (non-hydrogen) atoms. The number of halogens is 1. The molecule has 5 heteroatoms. The lowest BCUT2D eigenvalue weighted by molar-refractivity contribution is -0.113. The Morgan fingerprint density at radius 2 is 2.19 bits per heavy atom. The van der Waals surface area contributed by atoms with Gasteiger partial charge in [0.05, 0.1) is 18.5 Å². The fourth-order valence-electron chi connectivity index (χ4n) is 1.51. The maximum Gasteiger partial charge on any atom is 0.235 e. The van der Waals surface area contributed by atoms with Crippen LogP contribution in [0.15, 0.2) is 24.3 Å². The minimum Gasteiger partial charge on any atom is -0.346 e. The molecule has 1 aromatic carbocycles. The maximum absolute atomic E-state index is 11.2. The number of ether oxygens (including phenoxy) is 2. The quantitative estimate of drug-likeness (QED) is 0.865. The van der Waals surface area contributed by atoms with Crippen LogP contribution in [0.25, 0.3) is 0 Å². The van der Waals surface area contributed by atoms with Crippen LogP contribution in [-0.2, 0) is 14.3 Å². The highest BCUT2D eigenvalue weighted by molar-refractivity contribution is 9.09. The summed E-state index contributed by atoms with van der Waals surface area (Å²) < 4.78 is 10.8. The third-order valence-corrected chi connectivity index (χ3v) is 2.69. The van der Waals surface area contributed by atoms with Gasteiger partial charge in [0.1, 0.15) is 0 Å². The van der Waals surface area contributed by atoms with Crippen LogP contribution in [0.3, 0.4) is 0 Å². The van der Waals surface area contributed by atoms with E-state index >= 15 is 0 Å². The average molecular weight is 286 g/mol. The molecule has 0 aromatic heterocycles. The van der Waals surface area contributed by atoms with Gasteiger partial charge >= 0.3 is 0 Å². The van der Waals surface area contributed by atoms with Gasteiger partial charge in [0.25, 0.3) is 0 Å². The predicted octanol–water partition coefficient (Wildman–Crippen LogP) is 2.07. The molecule has 1 fully saturated rings. The number of benzene rings is 1. The number of hydrogen-bond donors (Lipinski definition) is 1. The van der Waals surface area contributed by atoms with Crippen molar-refractivity contribution in [3.05, 3.63) is 29.8 Å². The van der Waals surface area contributed by atoms with Gasteiger partial charge in [-0.1, -0.05) is 28.1 Å². The summed E-state index contributed by atoms with van der Waals surface area (Å²) in [5.41, 5.74) is 1.67. The van der Waals surface area contributed by atoms with Crippen LogP contribution >= 0.6 is 15.9 Å². The molecular weight excluding hydrogens is 274 g/mol. The lowest BCUT2D eigenvalue weighted by atomic mass is 10.2. The van der Waals surface area contributed by atoms with E-state index in [2.05, 4.69) is 21.2 Å². The molecule has 0 saturated carbocycles. The largest absolute Gasteiger partial charge is 0.346 e. The van der Waals surface area contributed by atoms with Crippen molar-refractivity contribution >= 4 is 27.5 Å². The van der Waals surface area contributed by atoms with Gasteiger partial charge < -0.3 is 14.8 Å². The second-order valence-corrected chi connectivity index (χ2v) is 3.94. The van der Waals surface area contributed by atoms with Gasteiger partial charge in [-0.2, -0.15) is 0 Å². The predicted molar refractivity (Wildman–Crippen MR) is 63.5 cm³/mol. The molecule has 0 bridgehead atoms. The lowest BCUT2D eigenvalue weighted by Gasteiger charge is -2.11. The third-order valence-electron chi connectivity index (χ3n) is 2.19. The molecule has 0 spiro atoms. The molecule has 86 valence electrons. The Labute approximate surface area is 102 Å². The van der Waals surface area contributed by atoms with E-state index in [0.29, 0.717) is 13.2 Å². The summed E-state index contributed by atoms with van der Waals surface area (Å²) in [6.07, 6.45) is -0.305. The molecule has 1 saturated heterocycles. The molecule has 1 aromatic rings. The fourth-order valence-corrected chi connectivity index (χ4v) is 1.65. The molecular formula is C11H12BrNO3. The smallest absolute Gasteiger partial charge is 0.235 e. The minimum atomic E-state index is -0.305. The van der Waals surface area contributed by atoms with E-state index in [1.807, 2.05) is 24.3 Å². The summed E-state index contributed by atoms with van der Waals surface area (Å²) in [7, 11) is 0. The van der Waals surface area contributed by atoms with Gasteiger partial charge in [0.2, 0.25) is 5.91 Å². The number of hydrogen-bond acceptors (Lipinski definition) is 3. The molecule has 1 heterocycles. The standard InChI is InChI=1S/C11H12BrNO3/c12-7-10(14)13-9-3-1-2-8(6-9)11-15-4-5-16-11/h1-3,6,11H,4-5,7H2,(H,13,14). The highest BCUT2D eigenvalue weighted by Crippen LogP contribution is 2.25. The van der Waals surface area contributed by atoms with Crippen molar-refractivity contribution < 1.29 is 14.3 Å². The van der Waals surface area contributed by atoms with Gasteiger partial charge in [-0.05, 0) is 12.1 Å². The van der Waals surface area contributed by atoms with Crippen LogP contribution < -0.4 is 5.32 Å². The van der Waals surface area contributed by atoms with Crippen LogP contribution in [0, 0.1) is 0 Å². The normalized spacial score (nSPS) is 16.3. The summed E-state index contributed by atoms with van der Waals surface area (Å²) >= 11 is 3.10. The number of alkyl halides is 1. The van der Waals surface area contributed by atoms with E-state index in [4.69, 9.17) is 9.47 Å². The number of carbonyl (C=O) groups is 1. The van der Waals surface area contributed by atoms with Gasteiger partial charge in [0.15, 0.2) is 6.29 Å². The topological polar surface area (TPSA) is 47.6 Å². The van der Waals surface area contributed by atoms with Crippen LogP contribution in [0.4, 0.5) is 5.69 Å². The summed E-state index contributed by atoms with van der Waals surface area (Å²) in [6.45, 7) is 1.23. The van der Waals surface area contributed by atoms with Crippen molar-refractivity contribution in [2.75, 3.05) is 23.9 Å². The molecule has 1 aliphatic rings. The van der Waals surface area contributed by atoms with E-state index in [0.717, 1.165) is 11.3 Å². The van der Waals surface area contributed by atoms with E-state index in [1.54, 1.807) is 0 Å².